The Kier molecular flexibility index (Phi) is 4.08. The van der Waals surface area contributed by atoms with Crippen molar-refractivity contribution in [2.45, 2.75) is 11.3 Å². The maximum Gasteiger partial charge on any atom is 0.179 e. The zero-order chi connectivity index (χ0) is 13.1. The third kappa shape index (κ3) is 2.94. The largest absolute Gasteiger partial charge is 0.293 e. The van der Waals surface area contributed by atoms with Crippen LogP contribution in [0.2, 0.25) is 0 Å². The Hall–Kier alpha value is -1.27. The molecule has 0 radical (unpaired) electrons. The van der Waals surface area contributed by atoms with E-state index in [-0.39, 0.29) is 5.75 Å². The van der Waals surface area contributed by atoms with Crippen LogP contribution in [0.3, 0.4) is 0 Å². The van der Waals surface area contributed by atoms with Crippen LogP contribution < -0.4 is 0 Å². The molecule has 0 saturated carbocycles. The number of hydrogen-bond acceptors (Lipinski definition) is 4. The van der Waals surface area contributed by atoms with E-state index in [0.29, 0.717) is 0 Å². The van der Waals surface area contributed by atoms with Gasteiger partial charge >= 0.3 is 0 Å². The highest BCUT2D eigenvalue weighted by Crippen LogP contribution is 2.24. The predicted molar refractivity (Wildman–Crippen MR) is 68.3 cm³/mol. The summed E-state index contributed by atoms with van der Waals surface area (Å²) in [6.07, 6.45) is 0. The summed E-state index contributed by atoms with van der Waals surface area (Å²) in [5, 5.41) is 1.86. The summed E-state index contributed by atoms with van der Waals surface area (Å²) >= 11 is 2.59. The molecule has 0 fully saturated rings. The molecule has 0 N–H and O–H groups in total. The lowest BCUT2D eigenvalue weighted by Crippen LogP contribution is -2.08. The van der Waals surface area contributed by atoms with Crippen LogP contribution in [0.1, 0.15) is 16.1 Å². The van der Waals surface area contributed by atoms with E-state index in [9.17, 15) is 13.6 Å². The molecule has 2 nitrogen and oxygen atoms in total. The van der Waals surface area contributed by atoms with Gasteiger partial charge in [-0.15, -0.1) is 11.3 Å². The maximum absolute atomic E-state index is 13.3. The van der Waals surface area contributed by atoms with Gasteiger partial charge in [0.25, 0.3) is 0 Å². The first-order valence-corrected chi connectivity index (χ1v) is 6.96. The minimum absolute atomic E-state index is 0.0230. The molecule has 0 aliphatic heterocycles. The molecule has 0 atom stereocenters. The van der Waals surface area contributed by atoms with Crippen molar-refractivity contribution in [2.24, 2.45) is 0 Å². The standard InChI is InChI=1S/C12H9F2NOS2/c1-7-5-17-12(15-7)18-6-10(16)11-8(13)3-2-4-9(11)14/h2-5H,6H2,1H3. The summed E-state index contributed by atoms with van der Waals surface area (Å²) in [6, 6.07) is 3.39. The lowest BCUT2D eigenvalue weighted by Gasteiger charge is -2.02. The van der Waals surface area contributed by atoms with E-state index in [1.165, 1.54) is 29.2 Å². The summed E-state index contributed by atoms with van der Waals surface area (Å²) < 4.78 is 27.4. The number of ketones is 1. The molecular formula is C12H9F2NOS2. The first-order valence-electron chi connectivity index (χ1n) is 5.10. The molecule has 0 aliphatic rings. The molecule has 1 heterocycles. The number of halogens is 2. The minimum atomic E-state index is -0.823. The molecule has 1 aromatic heterocycles. The summed E-state index contributed by atoms with van der Waals surface area (Å²) in [7, 11) is 0. The van der Waals surface area contributed by atoms with Crippen LogP contribution in [0.25, 0.3) is 0 Å². The fraction of sp³-hybridized carbons (Fsp3) is 0.167. The van der Waals surface area contributed by atoms with E-state index < -0.39 is 23.0 Å². The quantitative estimate of drug-likeness (QED) is 0.633. The highest BCUT2D eigenvalue weighted by Gasteiger charge is 2.17. The van der Waals surface area contributed by atoms with Crippen molar-refractivity contribution >= 4 is 28.9 Å². The third-order valence-corrected chi connectivity index (χ3v) is 4.31. The van der Waals surface area contributed by atoms with Crippen molar-refractivity contribution in [3.63, 3.8) is 0 Å². The van der Waals surface area contributed by atoms with Gasteiger partial charge in [-0.1, -0.05) is 17.8 Å². The summed E-state index contributed by atoms with van der Waals surface area (Å²) in [4.78, 5) is 15.9. The fourth-order valence-electron chi connectivity index (χ4n) is 1.36. The fourth-order valence-corrected chi connectivity index (χ4v) is 3.08. The molecule has 0 unspecified atom stereocenters. The lowest BCUT2D eigenvalue weighted by atomic mass is 10.1. The van der Waals surface area contributed by atoms with Crippen LogP contribution in [0, 0.1) is 18.6 Å². The number of carbonyl (C=O) groups excluding carboxylic acids is 1. The highest BCUT2D eigenvalue weighted by atomic mass is 32.2. The van der Waals surface area contributed by atoms with Crippen LogP contribution in [0.5, 0.6) is 0 Å². The molecule has 0 amide bonds. The second kappa shape index (κ2) is 5.58. The predicted octanol–water partition coefficient (Wildman–Crippen LogP) is 3.70. The van der Waals surface area contributed by atoms with Gasteiger partial charge in [-0.05, 0) is 19.1 Å². The normalized spacial score (nSPS) is 10.6. The van der Waals surface area contributed by atoms with Gasteiger partial charge in [-0.25, -0.2) is 13.8 Å². The molecule has 0 aliphatic carbocycles. The summed E-state index contributed by atoms with van der Waals surface area (Å²) in [6.45, 7) is 1.85. The van der Waals surface area contributed by atoms with Crippen molar-refractivity contribution in [1.29, 1.82) is 0 Å². The maximum atomic E-state index is 13.3. The number of hydrogen-bond donors (Lipinski definition) is 0. The van der Waals surface area contributed by atoms with Gasteiger partial charge in [-0.3, -0.25) is 4.79 Å². The number of thiazole rings is 1. The Balaban J connectivity index is 2.08. The molecule has 2 rings (SSSR count). The average molecular weight is 285 g/mol. The van der Waals surface area contributed by atoms with Crippen LogP contribution >= 0.6 is 23.1 Å². The number of nitrogens with zero attached hydrogens (tertiary/aromatic N) is 1. The molecule has 0 saturated heterocycles. The topological polar surface area (TPSA) is 30.0 Å². The Morgan fingerprint density at radius 2 is 2.06 bits per heavy atom. The van der Waals surface area contributed by atoms with Crippen molar-refractivity contribution in [3.8, 4) is 0 Å². The van der Waals surface area contributed by atoms with Crippen LogP contribution in [-0.4, -0.2) is 16.5 Å². The van der Waals surface area contributed by atoms with Crippen LogP contribution in [-0.2, 0) is 0 Å². The van der Waals surface area contributed by atoms with E-state index in [0.717, 1.165) is 22.2 Å². The third-order valence-electron chi connectivity index (χ3n) is 2.17. The highest BCUT2D eigenvalue weighted by molar-refractivity contribution is 8.01. The van der Waals surface area contributed by atoms with E-state index in [1.54, 1.807) is 0 Å². The molecule has 18 heavy (non-hydrogen) atoms. The Morgan fingerprint density at radius 3 is 2.61 bits per heavy atom. The molecule has 2 aromatic rings. The van der Waals surface area contributed by atoms with Gasteiger partial charge in [-0.2, -0.15) is 0 Å². The smallest absolute Gasteiger partial charge is 0.179 e. The lowest BCUT2D eigenvalue weighted by molar-refractivity contribution is 0.101. The van der Waals surface area contributed by atoms with Gasteiger partial charge in [0.1, 0.15) is 11.6 Å². The number of thioether (sulfide) groups is 1. The number of aromatic nitrogens is 1. The molecule has 6 heteroatoms. The van der Waals surface area contributed by atoms with Crippen molar-refractivity contribution in [3.05, 3.63) is 46.5 Å². The monoisotopic (exact) mass is 285 g/mol. The van der Waals surface area contributed by atoms with Gasteiger partial charge in [0.05, 0.1) is 11.3 Å². The van der Waals surface area contributed by atoms with E-state index >= 15 is 0 Å². The van der Waals surface area contributed by atoms with Gasteiger partial charge in [0, 0.05) is 11.1 Å². The molecule has 1 aromatic carbocycles. The Morgan fingerprint density at radius 1 is 1.39 bits per heavy atom. The van der Waals surface area contributed by atoms with E-state index in [4.69, 9.17) is 0 Å². The van der Waals surface area contributed by atoms with Crippen molar-refractivity contribution < 1.29 is 13.6 Å². The number of rotatable bonds is 4. The number of Topliss-reactive ketones (excluding diaryl/α,β-unsaturated/α-hetero) is 1. The average Bonchev–Trinajstić information content (AvgIpc) is 2.72. The zero-order valence-corrected chi connectivity index (χ0v) is 11.1. The van der Waals surface area contributed by atoms with Crippen molar-refractivity contribution in [1.82, 2.24) is 4.98 Å². The first-order chi connectivity index (χ1) is 8.58. The van der Waals surface area contributed by atoms with Gasteiger partial charge < -0.3 is 0 Å². The minimum Gasteiger partial charge on any atom is -0.293 e. The summed E-state index contributed by atoms with van der Waals surface area (Å²) in [5.41, 5.74) is 0.394. The second-order valence-corrected chi connectivity index (χ2v) is 5.64. The van der Waals surface area contributed by atoms with Gasteiger partial charge in [0.2, 0.25) is 0 Å². The Bertz CT molecular complexity index is 563. The van der Waals surface area contributed by atoms with Gasteiger partial charge in [0.15, 0.2) is 10.1 Å². The van der Waals surface area contributed by atoms with E-state index in [2.05, 4.69) is 4.98 Å². The number of benzene rings is 1. The zero-order valence-electron chi connectivity index (χ0n) is 9.44. The molecule has 94 valence electrons. The Labute approximate surface area is 111 Å². The van der Waals surface area contributed by atoms with Crippen LogP contribution in [0.4, 0.5) is 8.78 Å². The number of carbonyl (C=O) groups is 1. The molecular weight excluding hydrogens is 276 g/mol. The first kappa shape index (κ1) is 13.2. The summed E-state index contributed by atoms with van der Waals surface area (Å²) in [5.74, 6) is -2.24. The van der Waals surface area contributed by atoms with Crippen LogP contribution in [0.15, 0.2) is 27.9 Å². The number of aryl methyl sites for hydroxylation is 1. The second-order valence-electron chi connectivity index (χ2n) is 3.56. The SMILES string of the molecule is Cc1csc(SCC(=O)c2c(F)cccc2F)n1. The van der Waals surface area contributed by atoms with E-state index in [1.807, 2.05) is 12.3 Å². The molecule has 0 bridgehead atoms. The molecule has 0 spiro atoms. The van der Waals surface area contributed by atoms with Crippen molar-refractivity contribution in [2.75, 3.05) is 5.75 Å².